The number of furan rings is 1. The Morgan fingerprint density at radius 3 is 2.33 bits per heavy atom. The average Bonchev–Trinajstić information content (AvgIpc) is 3.25. The van der Waals surface area contributed by atoms with Crippen molar-refractivity contribution in [3.05, 3.63) is 54.0 Å². The molecular weight excluding hydrogens is 308 g/mol. The number of hydrogen-bond donors (Lipinski definition) is 2. The van der Waals surface area contributed by atoms with E-state index in [9.17, 15) is 9.59 Å². The highest BCUT2D eigenvalue weighted by atomic mass is 16.5. The first-order valence-corrected chi connectivity index (χ1v) is 7.88. The maximum Gasteiger partial charge on any atom is 0.224 e. The molecule has 126 valence electrons. The average molecular weight is 328 g/mol. The van der Waals surface area contributed by atoms with E-state index in [1.54, 1.807) is 25.5 Å². The molecule has 1 fully saturated rings. The molecule has 2 unspecified atom stereocenters. The van der Waals surface area contributed by atoms with E-state index in [4.69, 9.17) is 9.15 Å². The smallest absolute Gasteiger partial charge is 0.224 e. The molecule has 0 radical (unpaired) electrons. The normalized spacial score (nSPS) is 18.7. The van der Waals surface area contributed by atoms with Gasteiger partial charge in [0, 0.05) is 6.54 Å². The largest absolute Gasteiger partial charge is 0.497 e. The fourth-order valence-corrected chi connectivity index (χ4v) is 2.56. The van der Waals surface area contributed by atoms with Crippen molar-refractivity contribution in [1.29, 1.82) is 0 Å². The van der Waals surface area contributed by atoms with Crippen LogP contribution in [0.25, 0.3) is 0 Å². The predicted octanol–water partition coefficient (Wildman–Crippen LogP) is 1.86. The van der Waals surface area contributed by atoms with Crippen molar-refractivity contribution >= 4 is 11.8 Å². The molecule has 0 aliphatic heterocycles. The highest BCUT2D eigenvalue weighted by Crippen LogP contribution is 2.38. The number of benzene rings is 1. The third-order valence-corrected chi connectivity index (χ3v) is 4.11. The van der Waals surface area contributed by atoms with E-state index >= 15 is 0 Å². The number of hydrogen-bond acceptors (Lipinski definition) is 4. The third-order valence-electron chi connectivity index (χ3n) is 4.11. The lowest BCUT2D eigenvalue weighted by molar-refractivity contribution is -0.127. The number of carbonyl (C=O) groups excluding carboxylic acids is 2. The van der Waals surface area contributed by atoms with Crippen molar-refractivity contribution in [3.8, 4) is 5.75 Å². The molecule has 0 spiro atoms. The Balaban J connectivity index is 1.41. The van der Waals surface area contributed by atoms with Gasteiger partial charge in [-0.3, -0.25) is 9.59 Å². The Morgan fingerprint density at radius 1 is 1.08 bits per heavy atom. The van der Waals surface area contributed by atoms with Crippen LogP contribution in [-0.4, -0.2) is 18.9 Å². The van der Waals surface area contributed by atoms with Gasteiger partial charge in [0.05, 0.1) is 31.8 Å². The summed E-state index contributed by atoms with van der Waals surface area (Å²) in [5, 5.41) is 5.67. The zero-order chi connectivity index (χ0) is 16.9. The molecule has 1 aromatic carbocycles. The quantitative estimate of drug-likeness (QED) is 0.813. The Kier molecular flexibility index (Phi) is 4.84. The van der Waals surface area contributed by atoms with Gasteiger partial charge in [0.25, 0.3) is 0 Å². The van der Waals surface area contributed by atoms with Gasteiger partial charge in [-0.1, -0.05) is 12.1 Å². The summed E-state index contributed by atoms with van der Waals surface area (Å²) in [7, 11) is 1.61. The van der Waals surface area contributed by atoms with Gasteiger partial charge < -0.3 is 19.8 Å². The molecule has 2 amide bonds. The molecule has 1 aliphatic carbocycles. The van der Waals surface area contributed by atoms with Crippen molar-refractivity contribution in [3.63, 3.8) is 0 Å². The topological polar surface area (TPSA) is 80.6 Å². The van der Waals surface area contributed by atoms with E-state index in [0.29, 0.717) is 25.3 Å². The lowest BCUT2D eigenvalue weighted by atomic mass is 10.2. The van der Waals surface area contributed by atoms with Crippen LogP contribution in [0.5, 0.6) is 5.75 Å². The SMILES string of the molecule is COc1ccc(CNC(=O)C2CC2C(=O)NCc2ccco2)cc1. The Bertz CT molecular complexity index is 694. The van der Waals surface area contributed by atoms with Crippen LogP contribution in [0.4, 0.5) is 0 Å². The number of amides is 2. The van der Waals surface area contributed by atoms with E-state index in [1.807, 2.05) is 24.3 Å². The summed E-state index contributed by atoms with van der Waals surface area (Å²) in [5.74, 6) is 0.820. The fourth-order valence-electron chi connectivity index (χ4n) is 2.56. The molecule has 1 aromatic heterocycles. The molecular formula is C18H20N2O4. The highest BCUT2D eigenvalue weighted by molar-refractivity contribution is 5.92. The zero-order valence-electron chi connectivity index (χ0n) is 13.5. The zero-order valence-corrected chi connectivity index (χ0v) is 13.5. The standard InChI is InChI=1S/C18H20N2O4/c1-23-13-6-4-12(5-7-13)10-19-17(21)15-9-16(15)18(22)20-11-14-3-2-8-24-14/h2-8,15-16H,9-11H2,1H3,(H,19,21)(H,20,22). The van der Waals surface area contributed by atoms with Gasteiger partial charge in [-0.2, -0.15) is 0 Å². The van der Waals surface area contributed by atoms with Gasteiger partial charge in [-0.15, -0.1) is 0 Å². The molecule has 6 nitrogen and oxygen atoms in total. The maximum atomic E-state index is 12.1. The van der Waals surface area contributed by atoms with Gasteiger partial charge >= 0.3 is 0 Å². The molecule has 6 heteroatoms. The lowest BCUT2D eigenvalue weighted by Crippen LogP contribution is -2.29. The number of ether oxygens (including phenoxy) is 1. The molecule has 1 heterocycles. The van der Waals surface area contributed by atoms with Crippen LogP contribution in [0.2, 0.25) is 0 Å². The van der Waals surface area contributed by atoms with Gasteiger partial charge in [-0.05, 0) is 36.2 Å². The van der Waals surface area contributed by atoms with Crippen LogP contribution in [-0.2, 0) is 22.7 Å². The van der Waals surface area contributed by atoms with Crippen molar-refractivity contribution in [2.24, 2.45) is 11.8 Å². The summed E-state index contributed by atoms with van der Waals surface area (Å²) >= 11 is 0. The molecule has 0 bridgehead atoms. The van der Waals surface area contributed by atoms with Gasteiger partial charge in [-0.25, -0.2) is 0 Å². The van der Waals surface area contributed by atoms with E-state index < -0.39 is 0 Å². The van der Waals surface area contributed by atoms with Crippen molar-refractivity contribution in [2.75, 3.05) is 7.11 Å². The molecule has 2 atom stereocenters. The minimum atomic E-state index is -0.240. The number of carbonyl (C=O) groups is 2. The maximum absolute atomic E-state index is 12.1. The Hall–Kier alpha value is -2.76. The minimum absolute atomic E-state index is 0.0797. The number of nitrogens with one attached hydrogen (secondary N) is 2. The summed E-state index contributed by atoms with van der Waals surface area (Å²) in [4.78, 5) is 24.1. The van der Waals surface area contributed by atoms with Crippen LogP contribution in [0.1, 0.15) is 17.7 Å². The number of methoxy groups -OCH3 is 1. The first kappa shape index (κ1) is 16.1. The lowest BCUT2D eigenvalue weighted by Gasteiger charge is -2.06. The summed E-state index contributed by atoms with van der Waals surface area (Å²) in [6.45, 7) is 0.794. The summed E-state index contributed by atoms with van der Waals surface area (Å²) in [5.41, 5.74) is 0.989. The molecule has 2 aromatic rings. The molecule has 0 saturated heterocycles. The fraction of sp³-hybridized carbons (Fsp3) is 0.333. The minimum Gasteiger partial charge on any atom is -0.497 e. The Labute approximate surface area is 140 Å². The van der Waals surface area contributed by atoms with E-state index in [1.165, 1.54) is 0 Å². The number of rotatable bonds is 7. The summed E-state index contributed by atoms with van der Waals surface area (Å²) in [6, 6.07) is 11.1. The molecule has 1 saturated carbocycles. The summed E-state index contributed by atoms with van der Waals surface area (Å²) in [6.07, 6.45) is 2.16. The van der Waals surface area contributed by atoms with Crippen molar-refractivity contribution < 1.29 is 18.7 Å². The first-order chi connectivity index (χ1) is 11.7. The van der Waals surface area contributed by atoms with E-state index in [-0.39, 0.29) is 23.7 Å². The third kappa shape index (κ3) is 3.95. The highest BCUT2D eigenvalue weighted by Gasteiger charge is 2.47. The molecule has 24 heavy (non-hydrogen) atoms. The van der Waals surface area contributed by atoms with Crippen LogP contribution >= 0.6 is 0 Å². The second-order valence-corrected chi connectivity index (χ2v) is 5.81. The summed E-state index contributed by atoms with van der Waals surface area (Å²) < 4.78 is 10.3. The second kappa shape index (κ2) is 7.21. The van der Waals surface area contributed by atoms with Crippen molar-refractivity contribution in [1.82, 2.24) is 10.6 Å². The van der Waals surface area contributed by atoms with Crippen molar-refractivity contribution in [2.45, 2.75) is 19.5 Å². The van der Waals surface area contributed by atoms with Gasteiger partial charge in [0.2, 0.25) is 11.8 Å². The van der Waals surface area contributed by atoms with Crippen LogP contribution in [0.3, 0.4) is 0 Å². The van der Waals surface area contributed by atoms with Gasteiger partial charge in [0.15, 0.2) is 0 Å². The molecule has 1 aliphatic rings. The monoisotopic (exact) mass is 328 g/mol. The van der Waals surface area contributed by atoms with Crippen LogP contribution < -0.4 is 15.4 Å². The van der Waals surface area contributed by atoms with Crippen LogP contribution in [0.15, 0.2) is 47.1 Å². The first-order valence-electron chi connectivity index (χ1n) is 7.88. The second-order valence-electron chi connectivity index (χ2n) is 5.81. The van der Waals surface area contributed by atoms with E-state index in [0.717, 1.165) is 11.3 Å². The van der Waals surface area contributed by atoms with Gasteiger partial charge in [0.1, 0.15) is 11.5 Å². The molecule has 3 rings (SSSR count). The van der Waals surface area contributed by atoms with E-state index in [2.05, 4.69) is 10.6 Å². The Morgan fingerprint density at radius 2 is 1.75 bits per heavy atom. The van der Waals surface area contributed by atoms with Crippen LogP contribution in [0, 0.1) is 11.8 Å². The molecule has 2 N–H and O–H groups in total. The predicted molar refractivity (Wildman–Crippen MR) is 87.0 cm³/mol.